The second kappa shape index (κ2) is 7.16. The summed E-state index contributed by atoms with van der Waals surface area (Å²) in [6.45, 7) is 12.1. The first-order chi connectivity index (χ1) is 10.9. The van der Waals surface area contributed by atoms with E-state index < -0.39 is 0 Å². The first kappa shape index (κ1) is 17.9. The highest BCUT2D eigenvalue weighted by Gasteiger charge is 2.44. The fourth-order valence-corrected chi connectivity index (χ4v) is 4.98. The molecule has 24 heavy (non-hydrogen) atoms. The SMILES string of the molecule is C1CN2CCC[N+]3=C2N(C1)CN1CCCN2CCC[N+](=C21)C3.[Cl-].[Cl-]. The van der Waals surface area contributed by atoms with Gasteiger partial charge in [-0.05, 0) is 0 Å². The number of hydrogen-bond donors (Lipinski definition) is 0. The van der Waals surface area contributed by atoms with Gasteiger partial charge in [-0.1, -0.05) is 0 Å². The lowest BCUT2D eigenvalue weighted by Gasteiger charge is -2.43. The molecule has 0 aromatic heterocycles. The van der Waals surface area contributed by atoms with Crippen LogP contribution in [0.25, 0.3) is 0 Å². The summed E-state index contributed by atoms with van der Waals surface area (Å²) < 4.78 is 5.32. The highest BCUT2D eigenvalue weighted by Crippen LogP contribution is 2.20. The highest BCUT2D eigenvalue weighted by molar-refractivity contribution is 5.79. The molecule has 5 aliphatic heterocycles. The van der Waals surface area contributed by atoms with Crippen molar-refractivity contribution in [2.75, 3.05) is 65.7 Å². The summed E-state index contributed by atoms with van der Waals surface area (Å²) in [5.41, 5.74) is 0. The number of hydrogen-bond acceptors (Lipinski definition) is 4. The first-order valence-electron chi connectivity index (χ1n) is 9.14. The predicted octanol–water partition coefficient (Wildman–Crippen LogP) is -6.52. The summed E-state index contributed by atoms with van der Waals surface area (Å²) in [7, 11) is 0. The standard InChI is InChI=1S/C16H28N6.2ClH/c1-5-17-6-2-10-21-14-22-12-4-8-18-7-3-11-20(16(18)22)13-19(9-1)15(17)21;;/h1-14H2;2*1H/q+2;;/p-2. The van der Waals surface area contributed by atoms with Gasteiger partial charge < -0.3 is 24.8 Å². The van der Waals surface area contributed by atoms with Crippen molar-refractivity contribution in [2.24, 2.45) is 0 Å². The third-order valence-electron chi connectivity index (χ3n) is 5.80. The van der Waals surface area contributed by atoms with Gasteiger partial charge in [0, 0.05) is 25.7 Å². The Bertz CT molecular complexity index is 503. The smallest absolute Gasteiger partial charge is 0.355 e. The van der Waals surface area contributed by atoms with E-state index in [-0.39, 0.29) is 24.8 Å². The molecule has 0 aromatic carbocycles. The third-order valence-corrected chi connectivity index (χ3v) is 5.80. The molecule has 5 rings (SSSR count). The molecule has 0 N–H and O–H groups in total. The van der Waals surface area contributed by atoms with Gasteiger partial charge in [0.1, 0.15) is 0 Å². The third kappa shape index (κ3) is 2.81. The van der Waals surface area contributed by atoms with Gasteiger partial charge in [0.15, 0.2) is 13.3 Å². The van der Waals surface area contributed by atoms with Gasteiger partial charge in [0.2, 0.25) is 0 Å². The molecule has 2 fully saturated rings. The Kier molecular flexibility index (Phi) is 5.35. The van der Waals surface area contributed by atoms with Crippen LogP contribution >= 0.6 is 0 Å². The van der Waals surface area contributed by atoms with Crippen LogP contribution in [0, 0.1) is 0 Å². The number of guanidine groups is 2. The molecule has 0 aliphatic carbocycles. The molecule has 0 amide bonds. The van der Waals surface area contributed by atoms with E-state index in [1.807, 2.05) is 0 Å². The van der Waals surface area contributed by atoms with E-state index in [4.69, 9.17) is 0 Å². The molecular weight excluding hydrogens is 347 g/mol. The summed E-state index contributed by atoms with van der Waals surface area (Å²) in [4.78, 5) is 10.6. The van der Waals surface area contributed by atoms with Gasteiger partial charge in [-0.15, -0.1) is 0 Å². The maximum Gasteiger partial charge on any atom is 0.355 e. The average Bonchev–Trinajstić information content (AvgIpc) is 2.54. The van der Waals surface area contributed by atoms with Crippen molar-refractivity contribution in [1.82, 2.24) is 19.6 Å². The maximum absolute atomic E-state index is 2.66. The van der Waals surface area contributed by atoms with Crippen LogP contribution in [0.1, 0.15) is 25.7 Å². The molecular formula is C16H28Cl2N6. The summed E-state index contributed by atoms with van der Waals surface area (Å²) in [6.07, 6.45) is 5.25. The molecule has 0 bridgehead atoms. The minimum atomic E-state index is 0. The molecule has 8 heteroatoms. The molecule has 0 aromatic rings. The Morgan fingerprint density at radius 1 is 0.542 bits per heavy atom. The molecule has 5 aliphatic rings. The van der Waals surface area contributed by atoms with Crippen molar-refractivity contribution in [1.29, 1.82) is 0 Å². The molecule has 2 saturated heterocycles. The lowest BCUT2D eigenvalue weighted by molar-refractivity contribution is -0.741. The normalized spacial score (nSPS) is 26.0. The summed E-state index contributed by atoms with van der Waals surface area (Å²) in [5, 5.41) is 0. The van der Waals surface area contributed by atoms with Crippen molar-refractivity contribution in [3.8, 4) is 0 Å². The van der Waals surface area contributed by atoms with Crippen LogP contribution in [0.4, 0.5) is 0 Å². The van der Waals surface area contributed by atoms with Crippen molar-refractivity contribution < 1.29 is 34.0 Å². The van der Waals surface area contributed by atoms with Crippen LogP contribution in [-0.4, -0.2) is 106 Å². The number of nitrogens with zero attached hydrogens (tertiary/aromatic N) is 6. The Morgan fingerprint density at radius 3 is 1.46 bits per heavy atom. The lowest BCUT2D eigenvalue weighted by Crippen LogP contribution is -3.00. The summed E-state index contributed by atoms with van der Waals surface area (Å²) in [5.74, 6) is 3.05. The van der Waals surface area contributed by atoms with Gasteiger partial charge in [0.05, 0.1) is 52.4 Å². The molecule has 0 atom stereocenters. The average molecular weight is 375 g/mol. The van der Waals surface area contributed by atoms with Gasteiger partial charge in [-0.2, -0.15) is 0 Å². The van der Waals surface area contributed by atoms with Crippen LogP contribution in [0.15, 0.2) is 0 Å². The Morgan fingerprint density at radius 2 is 0.958 bits per heavy atom. The zero-order chi connectivity index (χ0) is 14.5. The molecule has 0 unspecified atom stereocenters. The minimum absolute atomic E-state index is 0. The Labute approximate surface area is 157 Å². The van der Waals surface area contributed by atoms with E-state index in [2.05, 4.69) is 28.8 Å². The first-order valence-corrected chi connectivity index (χ1v) is 9.14. The summed E-state index contributed by atoms with van der Waals surface area (Å²) in [6, 6.07) is 0. The molecule has 0 spiro atoms. The van der Waals surface area contributed by atoms with Crippen LogP contribution in [0.3, 0.4) is 0 Å². The largest absolute Gasteiger partial charge is 1.00 e. The van der Waals surface area contributed by atoms with Crippen LogP contribution in [0.2, 0.25) is 0 Å². The number of rotatable bonds is 0. The summed E-state index contributed by atoms with van der Waals surface area (Å²) >= 11 is 0. The van der Waals surface area contributed by atoms with Gasteiger partial charge in [-0.3, -0.25) is 9.80 Å². The Hall–Kier alpha value is -0.880. The van der Waals surface area contributed by atoms with Gasteiger partial charge in [0.25, 0.3) is 0 Å². The molecule has 5 heterocycles. The van der Waals surface area contributed by atoms with Crippen LogP contribution in [-0.2, 0) is 0 Å². The molecule has 0 saturated carbocycles. The predicted molar refractivity (Wildman–Crippen MR) is 85.0 cm³/mol. The zero-order valence-electron chi connectivity index (χ0n) is 14.3. The van der Waals surface area contributed by atoms with Crippen molar-refractivity contribution in [2.45, 2.75) is 25.7 Å². The van der Waals surface area contributed by atoms with Crippen LogP contribution in [0.5, 0.6) is 0 Å². The van der Waals surface area contributed by atoms with Crippen LogP contribution < -0.4 is 24.8 Å². The quantitative estimate of drug-likeness (QED) is 0.392. The molecule has 0 radical (unpaired) electrons. The van der Waals surface area contributed by atoms with Gasteiger partial charge in [-0.25, -0.2) is 19.0 Å². The fraction of sp³-hybridized carbons (Fsp3) is 0.875. The Balaban J connectivity index is 0.000000845. The highest BCUT2D eigenvalue weighted by atomic mass is 35.5. The van der Waals surface area contributed by atoms with E-state index >= 15 is 0 Å². The minimum Gasteiger partial charge on any atom is -1.00 e. The monoisotopic (exact) mass is 374 g/mol. The van der Waals surface area contributed by atoms with Crippen molar-refractivity contribution in [3.05, 3.63) is 0 Å². The molecule has 136 valence electrons. The van der Waals surface area contributed by atoms with E-state index in [1.54, 1.807) is 0 Å². The van der Waals surface area contributed by atoms with Crippen molar-refractivity contribution >= 4 is 11.9 Å². The topological polar surface area (TPSA) is 19.0 Å². The van der Waals surface area contributed by atoms with Gasteiger partial charge >= 0.3 is 11.9 Å². The second-order valence-electron chi connectivity index (χ2n) is 7.32. The van der Waals surface area contributed by atoms with Crippen molar-refractivity contribution in [3.63, 3.8) is 0 Å². The zero-order valence-corrected chi connectivity index (χ0v) is 15.9. The second-order valence-corrected chi connectivity index (χ2v) is 7.32. The number of halogens is 2. The van der Waals surface area contributed by atoms with E-state index in [9.17, 15) is 0 Å². The lowest BCUT2D eigenvalue weighted by atomic mass is 10.2. The van der Waals surface area contributed by atoms with E-state index in [1.165, 1.54) is 90.0 Å². The fourth-order valence-electron chi connectivity index (χ4n) is 4.98. The maximum atomic E-state index is 2.66. The molecule has 6 nitrogen and oxygen atoms in total. The van der Waals surface area contributed by atoms with E-state index in [0.29, 0.717) is 0 Å². The van der Waals surface area contributed by atoms with E-state index in [0.717, 1.165) is 13.3 Å².